The van der Waals surface area contributed by atoms with Crippen molar-refractivity contribution in [3.63, 3.8) is 0 Å². The van der Waals surface area contributed by atoms with E-state index in [1.54, 1.807) is 31.4 Å². The molecule has 0 aliphatic carbocycles. The Labute approximate surface area is 126 Å². The van der Waals surface area contributed by atoms with E-state index in [4.69, 9.17) is 4.74 Å². The van der Waals surface area contributed by atoms with Crippen LogP contribution in [-0.4, -0.2) is 29.2 Å². The second-order valence-electron chi connectivity index (χ2n) is 4.57. The van der Waals surface area contributed by atoms with Crippen molar-refractivity contribution in [2.75, 3.05) is 7.11 Å². The number of ether oxygens (including phenoxy) is 1. The Balaban J connectivity index is 1.66. The third-order valence-corrected chi connectivity index (χ3v) is 3.11. The molecule has 6 heteroatoms. The highest BCUT2D eigenvalue weighted by Gasteiger charge is 2.04. The first-order valence-corrected chi connectivity index (χ1v) is 6.68. The SMILES string of the molecule is COc1ccc(C(=O)N/N=C/c2nc3ccccc3[nH]2)cc1. The van der Waals surface area contributed by atoms with Crippen molar-refractivity contribution >= 4 is 23.2 Å². The van der Waals surface area contributed by atoms with Crippen LogP contribution in [0.1, 0.15) is 16.2 Å². The van der Waals surface area contributed by atoms with Crippen molar-refractivity contribution in [3.05, 3.63) is 59.9 Å². The van der Waals surface area contributed by atoms with Gasteiger partial charge in [-0.05, 0) is 36.4 Å². The maximum Gasteiger partial charge on any atom is 0.271 e. The smallest absolute Gasteiger partial charge is 0.271 e. The minimum absolute atomic E-state index is 0.296. The summed E-state index contributed by atoms with van der Waals surface area (Å²) in [5.41, 5.74) is 4.74. The quantitative estimate of drug-likeness (QED) is 0.572. The summed E-state index contributed by atoms with van der Waals surface area (Å²) in [7, 11) is 1.58. The summed E-state index contributed by atoms with van der Waals surface area (Å²) in [6, 6.07) is 14.4. The van der Waals surface area contributed by atoms with Crippen molar-refractivity contribution in [2.24, 2.45) is 5.10 Å². The average molecular weight is 294 g/mol. The number of nitrogens with zero attached hydrogens (tertiary/aromatic N) is 2. The summed E-state index contributed by atoms with van der Waals surface area (Å²) in [6.07, 6.45) is 1.47. The molecule has 0 saturated heterocycles. The largest absolute Gasteiger partial charge is 0.497 e. The summed E-state index contributed by atoms with van der Waals surface area (Å²) < 4.78 is 5.04. The third-order valence-electron chi connectivity index (χ3n) is 3.11. The van der Waals surface area contributed by atoms with Gasteiger partial charge in [0, 0.05) is 5.56 Å². The molecule has 3 aromatic rings. The van der Waals surface area contributed by atoms with Crippen LogP contribution in [0.15, 0.2) is 53.6 Å². The van der Waals surface area contributed by atoms with E-state index < -0.39 is 0 Å². The highest BCUT2D eigenvalue weighted by Crippen LogP contribution is 2.11. The standard InChI is InChI=1S/C16H14N4O2/c1-22-12-8-6-11(7-9-12)16(21)20-17-10-15-18-13-4-2-3-5-14(13)19-15/h2-10H,1H3,(H,18,19)(H,20,21)/b17-10+. The molecule has 22 heavy (non-hydrogen) atoms. The molecule has 1 aromatic heterocycles. The van der Waals surface area contributed by atoms with Crippen LogP contribution in [0.2, 0.25) is 0 Å². The van der Waals surface area contributed by atoms with Gasteiger partial charge in [-0.25, -0.2) is 10.4 Å². The van der Waals surface area contributed by atoms with E-state index in [2.05, 4.69) is 20.5 Å². The lowest BCUT2D eigenvalue weighted by Crippen LogP contribution is -2.17. The van der Waals surface area contributed by atoms with Gasteiger partial charge in [-0.1, -0.05) is 12.1 Å². The fraction of sp³-hybridized carbons (Fsp3) is 0.0625. The number of H-pyrrole nitrogens is 1. The molecule has 6 nitrogen and oxygen atoms in total. The van der Waals surface area contributed by atoms with Crippen LogP contribution in [0.5, 0.6) is 5.75 Å². The Morgan fingerprint density at radius 1 is 1.23 bits per heavy atom. The van der Waals surface area contributed by atoms with Crippen LogP contribution in [-0.2, 0) is 0 Å². The number of rotatable bonds is 4. The monoisotopic (exact) mass is 294 g/mol. The van der Waals surface area contributed by atoms with Gasteiger partial charge in [0.15, 0.2) is 5.82 Å². The molecule has 0 unspecified atom stereocenters. The molecule has 3 rings (SSSR count). The number of fused-ring (bicyclic) bond motifs is 1. The molecule has 0 atom stereocenters. The summed E-state index contributed by atoms with van der Waals surface area (Å²) >= 11 is 0. The highest BCUT2D eigenvalue weighted by molar-refractivity contribution is 5.95. The minimum atomic E-state index is -0.296. The average Bonchev–Trinajstić information content (AvgIpc) is 2.97. The third kappa shape index (κ3) is 2.95. The van der Waals surface area contributed by atoms with Crippen molar-refractivity contribution in [1.29, 1.82) is 0 Å². The number of carbonyl (C=O) groups excluding carboxylic acids is 1. The zero-order chi connectivity index (χ0) is 15.4. The first-order valence-electron chi connectivity index (χ1n) is 6.68. The van der Waals surface area contributed by atoms with Crippen LogP contribution in [0, 0.1) is 0 Å². The van der Waals surface area contributed by atoms with Gasteiger partial charge in [-0.2, -0.15) is 5.10 Å². The van der Waals surface area contributed by atoms with Gasteiger partial charge in [0.05, 0.1) is 24.4 Å². The summed E-state index contributed by atoms with van der Waals surface area (Å²) in [6.45, 7) is 0. The molecule has 0 aliphatic rings. The lowest BCUT2D eigenvalue weighted by molar-refractivity contribution is 0.0955. The van der Waals surface area contributed by atoms with Crippen LogP contribution < -0.4 is 10.2 Å². The Kier molecular flexibility index (Phi) is 3.82. The Morgan fingerprint density at radius 3 is 2.73 bits per heavy atom. The minimum Gasteiger partial charge on any atom is -0.497 e. The molecule has 1 amide bonds. The number of aromatic amines is 1. The second kappa shape index (κ2) is 6.09. The second-order valence-corrected chi connectivity index (χ2v) is 4.57. The van der Waals surface area contributed by atoms with Gasteiger partial charge in [-0.15, -0.1) is 0 Å². The fourth-order valence-corrected chi connectivity index (χ4v) is 1.99. The number of carbonyl (C=O) groups is 1. The van der Waals surface area contributed by atoms with Crippen LogP contribution >= 0.6 is 0 Å². The number of amides is 1. The van der Waals surface area contributed by atoms with Crippen molar-refractivity contribution < 1.29 is 9.53 Å². The number of hydrogen-bond acceptors (Lipinski definition) is 4. The number of hydrogen-bond donors (Lipinski definition) is 2. The van der Waals surface area contributed by atoms with Gasteiger partial charge in [0.25, 0.3) is 5.91 Å². The van der Waals surface area contributed by atoms with E-state index in [9.17, 15) is 4.79 Å². The molecule has 0 fully saturated rings. The number of aromatic nitrogens is 2. The van der Waals surface area contributed by atoms with Gasteiger partial charge < -0.3 is 9.72 Å². The molecule has 2 N–H and O–H groups in total. The Morgan fingerprint density at radius 2 is 2.00 bits per heavy atom. The molecule has 2 aromatic carbocycles. The summed E-state index contributed by atoms with van der Waals surface area (Å²) in [4.78, 5) is 19.3. The number of imidazole rings is 1. The summed E-state index contributed by atoms with van der Waals surface area (Å²) in [5, 5.41) is 3.91. The maximum atomic E-state index is 11.9. The van der Waals surface area contributed by atoms with Crippen LogP contribution in [0.25, 0.3) is 11.0 Å². The van der Waals surface area contributed by atoms with Gasteiger partial charge in [-0.3, -0.25) is 4.79 Å². The maximum absolute atomic E-state index is 11.9. The van der Waals surface area contributed by atoms with E-state index in [1.807, 2.05) is 24.3 Å². The molecule has 0 aliphatic heterocycles. The predicted octanol–water partition coefficient (Wildman–Crippen LogP) is 2.34. The van der Waals surface area contributed by atoms with Gasteiger partial charge in [0.1, 0.15) is 5.75 Å². The van der Waals surface area contributed by atoms with Gasteiger partial charge >= 0.3 is 0 Å². The van der Waals surface area contributed by atoms with Gasteiger partial charge in [0.2, 0.25) is 0 Å². The number of benzene rings is 2. The lowest BCUT2D eigenvalue weighted by Gasteiger charge is -2.01. The molecule has 0 spiro atoms. The predicted molar refractivity (Wildman–Crippen MR) is 84.1 cm³/mol. The summed E-state index contributed by atoms with van der Waals surface area (Å²) in [5.74, 6) is 0.980. The Bertz CT molecular complexity index is 789. The van der Waals surface area contributed by atoms with Crippen molar-refractivity contribution in [3.8, 4) is 5.75 Å². The van der Waals surface area contributed by atoms with E-state index in [0.717, 1.165) is 11.0 Å². The van der Waals surface area contributed by atoms with E-state index in [1.165, 1.54) is 6.21 Å². The van der Waals surface area contributed by atoms with E-state index >= 15 is 0 Å². The molecule has 110 valence electrons. The topological polar surface area (TPSA) is 79.4 Å². The zero-order valence-electron chi connectivity index (χ0n) is 11.9. The highest BCUT2D eigenvalue weighted by atomic mass is 16.5. The molecule has 0 radical (unpaired) electrons. The Hall–Kier alpha value is -3.15. The van der Waals surface area contributed by atoms with E-state index in [0.29, 0.717) is 17.1 Å². The fourth-order valence-electron chi connectivity index (χ4n) is 1.99. The van der Waals surface area contributed by atoms with Crippen molar-refractivity contribution in [1.82, 2.24) is 15.4 Å². The first-order chi connectivity index (χ1) is 10.8. The van der Waals surface area contributed by atoms with Crippen molar-refractivity contribution in [2.45, 2.75) is 0 Å². The zero-order valence-corrected chi connectivity index (χ0v) is 11.9. The van der Waals surface area contributed by atoms with Crippen LogP contribution in [0.4, 0.5) is 0 Å². The van der Waals surface area contributed by atoms with E-state index in [-0.39, 0.29) is 5.91 Å². The number of methoxy groups -OCH3 is 1. The molecule has 0 bridgehead atoms. The van der Waals surface area contributed by atoms with Crippen LogP contribution in [0.3, 0.4) is 0 Å². The normalized spacial score (nSPS) is 11.0. The first kappa shape index (κ1) is 13.8. The number of hydrazone groups is 1. The lowest BCUT2D eigenvalue weighted by atomic mass is 10.2. The molecule has 0 saturated carbocycles. The molecule has 1 heterocycles. The molecular formula is C16H14N4O2. The number of para-hydroxylation sites is 2. The number of nitrogens with one attached hydrogen (secondary N) is 2. The molecular weight excluding hydrogens is 280 g/mol.